The summed E-state index contributed by atoms with van der Waals surface area (Å²) in [5.74, 6) is 0.620. The standard InChI is InChI=1S/C9H6Cl2N2O/c1-14-6-3-2-5(10)8-7(6)9(11)13-4-12-8/h2-4H,1H3. The molecule has 0 amide bonds. The summed E-state index contributed by atoms with van der Waals surface area (Å²) in [6.45, 7) is 0. The fraction of sp³-hybridized carbons (Fsp3) is 0.111. The summed E-state index contributed by atoms with van der Waals surface area (Å²) in [7, 11) is 1.56. The van der Waals surface area contributed by atoms with Crippen LogP contribution < -0.4 is 4.74 Å². The van der Waals surface area contributed by atoms with Crippen LogP contribution in [-0.4, -0.2) is 17.1 Å². The van der Waals surface area contributed by atoms with Crippen LogP contribution in [0.2, 0.25) is 10.2 Å². The van der Waals surface area contributed by atoms with Crippen molar-refractivity contribution >= 4 is 34.1 Å². The van der Waals surface area contributed by atoms with E-state index in [9.17, 15) is 0 Å². The maximum absolute atomic E-state index is 5.95. The number of ether oxygens (including phenoxy) is 1. The molecular weight excluding hydrogens is 223 g/mol. The minimum absolute atomic E-state index is 0.342. The van der Waals surface area contributed by atoms with E-state index in [4.69, 9.17) is 27.9 Å². The van der Waals surface area contributed by atoms with Crippen molar-refractivity contribution in [3.8, 4) is 5.75 Å². The van der Waals surface area contributed by atoms with E-state index < -0.39 is 0 Å². The van der Waals surface area contributed by atoms with E-state index in [-0.39, 0.29) is 0 Å². The van der Waals surface area contributed by atoms with E-state index in [0.29, 0.717) is 26.8 Å². The summed E-state index contributed by atoms with van der Waals surface area (Å²) in [4.78, 5) is 7.92. The van der Waals surface area contributed by atoms with Gasteiger partial charge in [-0.25, -0.2) is 9.97 Å². The Balaban J connectivity index is 2.92. The molecule has 0 N–H and O–H groups in total. The minimum atomic E-state index is 0.342. The molecule has 14 heavy (non-hydrogen) atoms. The molecule has 0 fully saturated rings. The highest BCUT2D eigenvalue weighted by molar-refractivity contribution is 6.39. The number of aromatic nitrogens is 2. The van der Waals surface area contributed by atoms with Crippen LogP contribution in [0.4, 0.5) is 0 Å². The lowest BCUT2D eigenvalue weighted by Gasteiger charge is -2.06. The van der Waals surface area contributed by atoms with Crippen molar-refractivity contribution in [1.82, 2.24) is 9.97 Å². The van der Waals surface area contributed by atoms with Gasteiger partial charge in [0, 0.05) is 0 Å². The number of methoxy groups -OCH3 is 1. The monoisotopic (exact) mass is 228 g/mol. The van der Waals surface area contributed by atoms with Gasteiger partial charge in [-0.15, -0.1) is 0 Å². The van der Waals surface area contributed by atoms with Crippen LogP contribution in [0.1, 0.15) is 0 Å². The molecule has 0 spiro atoms. The van der Waals surface area contributed by atoms with Gasteiger partial charge in [-0.2, -0.15) is 0 Å². The van der Waals surface area contributed by atoms with Gasteiger partial charge < -0.3 is 4.74 Å². The predicted molar refractivity (Wildman–Crippen MR) is 56.1 cm³/mol. The molecule has 1 aromatic carbocycles. The Morgan fingerprint density at radius 3 is 2.71 bits per heavy atom. The van der Waals surface area contributed by atoms with Crippen LogP contribution in [0.25, 0.3) is 10.9 Å². The van der Waals surface area contributed by atoms with Crippen molar-refractivity contribution in [3.05, 3.63) is 28.6 Å². The Hall–Kier alpha value is -1.06. The summed E-state index contributed by atoms with van der Waals surface area (Å²) in [5, 5.41) is 1.52. The molecule has 2 rings (SSSR count). The fourth-order valence-electron chi connectivity index (χ4n) is 1.24. The van der Waals surface area contributed by atoms with Gasteiger partial charge in [-0.3, -0.25) is 0 Å². The van der Waals surface area contributed by atoms with Crippen molar-refractivity contribution in [2.45, 2.75) is 0 Å². The number of nitrogens with zero attached hydrogens (tertiary/aromatic N) is 2. The minimum Gasteiger partial charge on any atom is -0.496 e. The average molecular weight is 229 g/mol. The quantitative estimate of drug-likeness (QED) is 0.705. The van der Waals surface area contributed by atoms with E-state index in [1.54, 1.807) is 19.2 Å². The number of fused-ring (bicyclic) bond motifs is 1. The number of hydrogen-bond donors (Lipinski definition) is 0. The van der Waals surface area contributed by atoms with Crippen molar-refractivity contribution in [2.24, 2.45) is 0 Å². The predicted octanol–water partition coefficient (Wildman–Crippen LogP) is 2.95. The number of rotatable bonds is 1. The third-order valence-corrected chi connectivity index (χ3v) is 2.47. The summed E-state index contributed by atoms with van der Waals surface area (Å²) >= 11 is 11.9. The molecule has 0 radical (unpaired) electrons. The molecule has 0 aliphatic heterocycles. The van der Waals surface area contributed by atoms with Gasteiger partial charge in [0.2, 0.25) is 0 Å². The molecule has 0 saturated carbocycles. The van der Waals surface area contributed by atoms with Crippen LogP contribution in [0, 0.1) is 0 Å². The second-order valence-corrected chi connectivity index (χ2v) is 3.40. The second kappa shape index (κ2) is 3.59. The Labute approximate surface area is 90.6 Å². The van der Waals surface area contributed by atoms with Gasteiger partial charge >= 0.3 is 0 Å². The zero-order valence-electron chi connectivity index (χ0n) is 7.29. The zero-order chi connectivity index (χ0) is 10.1. The first kappa shape index (κ1) is 9.49. The Morgan fingerprint density at radius 1 is 1.21 bits per heavy atom. The van der Waals surface area contributed by atoms with Crippen molar-refractivity contribution in [2.75, 3.05) is 7.11 Å². The normalized spacial score (nSPS) is 10.5. The highest BCUT2D eigenvalue weighted by Gasteiger charge is 2.10. The van der Waals surface area contributed by atoms with Gasteiger partial charge in [0.25, 0.3) is 0 Å². The largest absolute Gasteiger partial charge is 0.496 e. The van der Waals surface area contributed by atoms with Crippen LogP contribution in [0.15, 0.2) is 18.5 Å². The van der Waals surface area contributed by atoms with Gasteiger partial charge in [0.05, 0.1) is 23.0 Å². The lowest BCUT2D eigenvalue weighted by Crippen LogP contribution is -1.90. The molecule has 2 aromatic rings. The molecule has 1 aromatic heterocycles. The topological polar surface area (TPSA) is 35.0 Å². The maximum atomic E-state index is 5.95. The summed E-state index contributed by atoms with van der Waals surface area (Å²) < 4.78 is 5.14. The van der Waals surface area contributed by atoms with Gasteiger partial charge in [0.1, 0.15) is 17.2 Å². The van der Waals surface area contributed by atoms with Gasteiger partial charge in [-0.1, -0.05) is 23.2 Å². The first-order valence-electron chi connectivity index (χ1n) is 3.86. The van der Waals surface area contributed by atoms with E-state index in [2.05, 4.69) is 9.97 Å². The van der Waals surface area contributed by atoms with Crippen LogP contribution in [0.5, 0.6) is 5.75 Å². The average Bonchev–Trinajstić information content (AvgIpc) is 2.20. The number of benzene rings is 1. The van der Waals surface area contributed by atoms with Gasteiger partial charge in [0.15, 0.2) is 0 Å². The van der Waals surface area contributed by atoms with E-state index in [1.807, 2.05) is 0 Å². The lowest BCUT2D eigenvalue weighted by molar-refractivity contribution is 0.419. The highest BCUT2D eigenvalue weighted by atomic mass is 35.5. The molecule has 0 aliphatic rings. The lowest BCUT2D eigenvalue weighted by atomic mass is 10.2. The first-order chi connectivity index (χ1) is 6.74. The summed E-state index contributed by atoms with van der Waals surface area (Å²) in [6.07, 6.45) is 1.37. The van der Waals surface area contributed by atoms with E-state index >= 15 is 0 Å². The smallest absolute Gasteiger partial charge is 0.144 e. The molecular formula is C9H6Cl2N2O. The highest BCUT2D eigenvalue weighted by Crippen LogP contribution is 2.33. The van der Waals surface area contributed by atoms with Crippen LogP contribution >= 0.6 is 23.2 Å². The molecule has 72 valence electrons. The number of halogens is 2. The van der Waals surface area contributed by atoms with Crippen molar-refractivity contribution < 1.29 is 4.74 Å². The fourth-order valence-corrected chi connectivity index (χ4v) is 1.68. The third kappa shape index (κ3) is 1.38. The SMILES string of the molecule is COc1ccc(Cl)c2ncnc(Cl)c12. The molecule has 0 unspecified atom stereocenters. The molecule has 0 atom stereocenters. The van der Waals surface area contributed by atoms with Crippen LogP contribution in [-0.2, 0) is 0 Å². The van der Waals surface area contributed by atoms with Crippen molar-refractivity contribution in [3.63, 3.8) is 0 Å². The number of hydrogen-bond acceptors (Lipinski definition) is 3. The first-order valence-corrected chi connectivity index (χ1v) is 4.62. The molecule has 0 aliphatic carbocycles. The Bertz CT molecular complexity index is 487. The second-order valence-electron chi connectivity index (χ2n) is 2.64. The Morgan fingerprint density at radius 2 is 2.00 bits per heavy atom. The molecule has 5 heteroatoms. The molecule has 1 heterocycles. The van der Waals surface area contributed by atoms with Gasteiger partial charge in [-0.05, 0) is 12.1 Å². The Kier molecular flexibility index (Phi) is 2.44. The molecule has 3 nitrogen and oxygen atoms in total. The zero-order valence-corrected chi connectivity index (χ0v) is 8.80. The van der Waals surface area contributed by atoms with E-state index in [1.165, 1.54) is 6.33 Å². The molecule has 0 saturated heterocycles. The molecule has 0 bridgehead atoms. The van der Waals surface area contributed by atoms with Crippen molar-refractivity contribution in [1.29, 1.82) is 0 Å². The summed E-state index contributed by atoms with van der Waals surface area (Å²) in [5.41, 5.74) is 0.603. The third-order valence-electron chi connectivity index (χ3n) is 1.87. The summed E-state index contributed by atoms with van der Waals surface area (Å²) in [6, 6.07) is 3.45. The van der Waals surface area contributed by atoms with Crippen LogP contribution in [0.3, 0.4) is 0 Å². The van der Waals surface area contributed by atoms with E-state index in [0.717, 1.165) is 0 Å². The maximum Gasteiger partial charge on any atom is 0.144 e.